The highest BCUT2D eigenvalue weighted by Crippen LogP contribution is 2.30. The minimum absolute atomic E-state index is 0.0457. The molecule has 0 aliphatic carbocycles. The van der Waals surface area contributed by atoms with Gasteiger partial charge in [-0.3, -0.25) is 9.59 Å². The lowest BCUT2D eigenvalue weighted by atomic mass is 9.84. The summed E-state index contributed by atoms with van der Waals surface area (Å²) < 4.78 is 5.44. The minimum atomic E-state index is -0.250. The standard InChI is InChI=1S/C18H19N5OS2.CH2O2/c24-17(21-14-10-23-6-3-11(14)4-7-23)16-13-2-1-12(9-15(13)26-22-16)20-18-19-5-8-25-18;2-1-3/h1-2,5,8-9,11,14H,3-4,6-7,10H2,(H,19,20)(H,21,24);1H,(H,2,3)/t14-;/m1./s1. The first kappa shape index (κ1) is 19.7. The van der Waals surface area contributed by atoms with E-state index in [1.165, 1.54) is 37.5 Å². The number of aromatic nitrogens is 2. The molecule has 3 aliphatic heterocycles. The maximum absolute atomic E-state index is 12.8. The Morgan fingerprint density at radius 1 is 1.31 bits per heavy atom. The number of carbonyl (C=O) groups excluding carboxylic acids is 1. The third-order valence-electron chi connectivity index (χ3n) is 5.34. The van der Waals surface area contributed by atoms with E-state index in [9.17, 15) is 4.79 Å². The number of nitrogens with one attached hydrogen (secondary N) is 2. The molecule has 5 heterocycles. The number of carboxylic acid groups (broad SMARTS) is 1. The molecule has 0 unspecified atom stereocenters. The summed E-state index contributed by atoms with van der Waals surface area (Å²) in [6.07, 6.45) is 4.15. The molecule has 2 aromatic heterocycles. The molecule has 3 N–H and O–H groups in total. The Hall–Kier alpha value is -2.56. The number of benzene rings is 1. The number of fused-ring (bicyclic) bond motifs is 4. The Kier molecular flexibility index (Phi) is 6.02. The van der Waals surface area contributed by atoms with Crippen molar-refractivity contribution in [3.63, 3.8) is 0 Å². The van der Waals surface area contributed by atoms with Gasteiger partial charge in [0, 0.05) is 35.2 Å². The van der Waals surface area contributed by atoms with Gasteiger partial charge < -0.3 is 20.6 Å². The lowest BCUT2D eigenvalue weighted by Gasteiger charge is -2.44. The summed E-state index contributed by atoms with van der Waals surface area (Å²) in [6.45, 7) is 3.07. The van der Waals surface area contributed by atoms with Crippen LogP contribution in [-0.4, -0.2) is 57.4 Å². The molecule has 10 heteroatoms. The van der Waals surface area contributed by atoms with E-state index in [0.29, 0.717) is 11.6 Å². The van der Waals surface area contributed by atoms with Crippen molar-refractivity contribution in [1.82, 2.24) is 19.6 Å². The molecule has 0 saturated carbocycles. The Morgan fingerprint density at radius 2 is 2.10 bits per heavy atom. The lowest BCUT2D eigenvalue weighted by Crippen LogP contribution is -2.57. The van der Waals surface area contributed by atoms with E-state index in [1.54, 1.807) is 17.5 Å². The van der Waals surface area contributed by atoms with Crippen molar-refractivity contribution >= 4 is 56.2 Å². The first-order chi connectivity index (χ1) is 14.2. The van der Waals surface area contributed by atoms with E-state index in [-0.39, 0.29) is 18.4 Å². The smallest absolute Gasteiger partial charge is 0.290 e. The molecule has 152 valence electrons. The predicted molar refractivity (Wildman–Crippen MR) is 114 cm³/mol. The molecule has 8 nitrogen and oxygen atoms in total. The quantitative estimate of drug-likeness (QED) is 0.545. The van der Waals surface area contributed by atoms with Gasteiger partial charge in [-0.15, -0.1) is 11.3 Å². The molecule has 3 aliphatic rings. The molecule has 6 rings (SSSR count). The molecule has 3 saturated heterocycles. The second-order valence-electron chi connectivity index (χ2n) is 7.03. The van der Waals surface area contributed by atoms with Crippen LogP contribution in [0.4, 0.5) is 10.8 Å². The van der Waals surface area contributed by atoms with Gasteiger partial charge in [0.05, 0.1) is 4.70 Å². The number of nitrogens with zero attached hydrogens (tertiary/aromatic N) is 3. The zero-order valence-electron chi connectivity index (χ0n) is 15.6. The van der Waals surface area contributed by atoms with E-state index < -0.39 is 0 Å². The highest BCUT2D eigenvalue weighted by atomic mass is 32.1. The van der Waals surface area contributed by atoms with Gasteiger partial charge in [0.1, 0.15) is 5.69 Å². The van der Waals surface area contributed by atoms with Crippen LogP contribution in [0.3, 0.4) is 0 Å². The molecular formula is C19H21N5O3S2. The van der Waals surface area contributed by atoms with Gasteiger partial charge in [-0.2, -0.15) is 4.37 Å². The maximum atomic E-state index is 12.8. The van der Waals surface area contributed by atoms with Crippen molar-refractivity contribution in [2.75, 3.05) is 25.0 Å². The molecule has 0 spiro atoms. The highest BCUT2D eigenvalue weighted by Gasteiger charge is 2.35. The van der Waals surface area contributed by atoms with Crippen molar-refractivity contribution in [3.05, 3.63) is 35.5 Å². The number of hydrogen-bond donors (Lipinski definition) is 3. The molecule has 0 radical (unpaired) electrons. The molecule has 1 aromatic carbocycles. The number of piperidine rings is 3. The fourth-order valence-corrected chi connectivity index (χ4v) is 5.32. The number of rotatable bonds is 4. The Bertz CT molecular complexity index is 983. The first-order valence-corrected chi connectivity index (χ1v) is 11.0. The summed E-state index contributed by atoms with van der Waals surface area (Å²) in [5, 5.41) is 17.1. The summed E-state index contributed by atoms with van der Waals surface area (Å²) in [5.74, 6) is 0.568. The van der Waals surface area contributed by atoms with Crippen LogP contribution in [-0.2, 0) is 4.79 Å². The SMILES string of the molecule is O=C(N[C@@H]1CN2CCC1CC2)c1nsc2cc(Nc3nccs3)ccc12.O=CO. The van der Waals surface area contributed by atoms with Crippen LogP contribution in [0.25, 0.3) is 10.1 Å². The van der Waals surface area contributed by atoms with E-state index in [4.69, 9.17) is 9.90 Å². The molecule has 2 bridgehead atoms. The van der Waals surface area contributed by atoms with Crippen LogP contribution in [0.15, 0.2) is 29.8 Å². The molecule has 29 heavy (non-hydrogen) atoms. The first-order valence-electron chi connectivity index (χ1n) is 9.35. The number of carbonyl (C=O) groups is 2. The van der Waals surface area contributed by atoms with Crippen LogP contribution in [0.2, 0.25) is 0 Å². The average Bonchev–Trinajstić information content (AvgIpc) is 3.39. The van der Waals surface area contributed by atoms with Crippen molar-refractivity contribution in [1.29, 1.82) is 0 Å². The predicted octanol–water partition coefficient (Wildman–Crippen LogP) is 3.02. The fourth-order valence-electron chi connectivity index (χ4n) is 3.95. The Balaban J connectivity index is 0.000000645. The van der Waals surface area contributed by atoms with Gasteiger partial charge in [-0.25, -0.2) is 4.98 Å². The summed E-state index contributed by atoms with van der Waals surface area (Å²) in [4.78, 5) is 27.8. The molecular weight excluding hydrogens is 410 g/mol. The largest absolute Gasteiger partial charge is 0.483 e. The van der Waals surface area contributed by atoms with E-state index in [0.717, 1.165) is 27.4 Å². The lowest BCUT2D eigenvalue weighted by molar-refractivity contribution is -0.122. The summed E-state index contributed by atoms with van der Waals surface area (Å²) in [5.41, 5.74) is 1.50. The summed E-state index contributed by atoms with van der Waals surface area (Å²) in [6, 6.07) is 6.23. The molecule has 1 amide bonds. The molecule has 3 aromatic rings. The van der Waals surface area contributed by atoms with E-state index in [2.05, 4.69) is 24.9 Å². The Morgan fingerprint density at radius 3 is 2.76 bits per heavy atom. The summed E-state index contributed by atoms with van der Waals surface area (Å²) >= 11 is 2.92. The third-order valence-corrected chi connectivity index (χ3v) is 6.84. The zero-order valence-corrected chi connectivity index (χ0v) is 17.2. The topological polar surface area (TPSA) is 107 Å². The number of amides is 1. The summed E-state index contributed by atoms with van der Waals surface area (Å²) in [7, 11) is 0. The molecule has 3 fully saturated rings. The van der Waals surface area contributed by atoms with Crippen LogP contribution < -0.4 is 10.6 Å². The maximum Gasteiger partial charge on any atom is 0.290 e. The van der Waals surface area contributed by atoms with Gasteiger partial charge in [-0.05, 0) is 61.6 Å². The van der Waals surface area contributed by atoms with E-state index >= 15 is 0 Å². The van der Waals surface area contributed by atoms with Gasteiger partial charge in [-0.1, -0.05) is 0 Å². The number of hydrogen-bond acceptors (Lipinski definition) is 8. The van der Waals surface area contributed by atoms with Crippen molar-refractivity contribution in [2.24, 2.45) is 5.92 Å². The fraction of sp³-hybridized carbons (Fsp3) is 0.368. The van der Waals surface area contributed by atoms with Gasteiger partial charge >= 0.3 is 0 Å². The van der Waals surface area contributed by atoms with E-state index in [1.807, 2.05) is 23.6 Å². The monoisotopic (exact) mass is 431 g/mol. The van der Waals surface area contributed by atoms with Gasteiger partial charge in [0.15, 0.2) is 5.13 Å². The number of thiazole rings is 1. The van der Waals surface area contributed by atoms with Gasteiger partial charge in [0.2, 0.25) is 0 Å². The minimum Gasteiger partial charge on any atom is -0.483 e. The molecule has 1 atom stereocenters. The third kappa shape index (κ3) is 4.39. The average molecular weight is 432 g/mol. The zero-order chi connectivity index (χ0) is 20.2. The van der Waals surface area contributed by atoms with Crippen LogP contribution in [0.1, 0.15) is 23.3 Å². The van der Waals surface area contributed by atoms with Crippen molar-refractivity contribution in [2.45, 2.75) is 18.9 Å². The highest BCUT2D eigenvalue weighted by molar-refractivity contribution is 7.14. The van der Waals surface area contributed by atoms with Crippen molar-refractivity contribution < 1.29 is 14.7 Å². The van der Waals surface area contributed by atoms with Crippen molar-refractivity contribution in [3.8, 4) is 0 Å². The second-order valence-corrected chi connectivity index (χ2v) is 8.73. The van der Waals surface area contributed by atoms with Crippen LogP contribution >= 0.6 is 22.9 Å². The Labute approximate surface area is 175 Å². The van der Waals surface area contributed by atoms with Crippen LogP contribution in [0, 0.1) is 5.92 Å². The van der Waals surface area contributed by atoms with Gasteiger partial charge in [0.25, 0.3) is 12.4 Å². The van der Waals surface area contributed by atoms with Crippen LogP contribution in [0.5, 0.6) is 0 Å². The number of anilines is 2. The second kappa shape index (κ2) is 8.85. The normalized spacial score (nSPS) is 22.6.